The average molecular weight is 267 g/mol. The Bertz CT molecular complexity index is 204. The second kappa shape index (κ2) is 7.52. The number of ether oxygens (including phenoxy) is 1. The van der Waals surface area contributed by atoms with Gasteiger partial charge in [0.15, 0.2) is 0 Å². The molecular weight excluding hydrogens is 244 g/mol. The Morgan fingerprint density at radius 3 is 1.80 bits per heavy atom. The van der Waals surface area contributed by atoms with E-state index < -0.39 is 8.32 Å². The maximum absolute atomic E-state index is 5.91. The van der Waals surface area contributed by atoms with Crippen LogP contribution >= 0.6 is 23.5 Å². The van der Waals surface area contributed by atoms with Crippen LogP contribution in [0.1, 0.15) is 13.8 Å². The molecule has 0 saturated carbocycles. The van der Waals surface area contributed by atoms with Crippen LogP contribution in [-0.4, -0.2) is 26.9 Å². The molecule has 0 aliphatic rings. The molecule has 0 amide bonds. The third-order valence-electron chi connectivity index (χ3n) is 1.30. The zero-order valence-electron chi connectivity index (χ0n) is 10.5. The fourth-order valence-electron chi connectivity index (χ4n) is 0.866. The van der Waals surface area contributed by atoms with Gasteiger partial charge in [0.1, 0.15) is 4.24 Å². The van der Waals surface area contributed by atoms with Crippen LogP contribution in [0.5, 0.6) is 0 Å². The van der Waals surface area contributed by atoms with Crippen LogP contribution in [0, 0.1) is 0 Å². The normalized spacial score (nSPS) is 11.1. The molecule has 0 unspecified atom stereocenters. The van der Waals surface area contributed by atoms with Crippen molar-refractivity contribution >= 4 is 31.8 Å². The summed E-state index contributed by atoms with van der Waals surface area (Å²) in [5.41, 5.74) is 0. The molecule has 0 aliphatic carbocycles. The lowest BCUT2D eigenvalue weighted by Gasteiger charge is -2.22. The Morgan fingerprint density at radius 1 is 1.07 bits per heavy atom. The lowest BCUT2D eigenvalue weighted by molar-refractivity contribution is 0.147. The van der Waals surface area contributed by atoms with Crippen molar-refractivity contribution in [3.8, 4) is 0 Å². The van der Waals surface area contributed by atoms with Gasteiger partial charge in [-0.15, -0.1) is 23.5 Å². The molecule has 0 aromatic rings. The van der Waals surface area contributed by atoms with Crippen LogP contribution in [0.15, 0.2) is 10.2 Å². The Balaban J connectivity index is 4.70. The Hall–Kier alpha value is 0.257. The van der Waals surface area contributed by atoms with Crippen LogP contribution in [0.2, 0.25) is 19.6 Å². The number of thioether (sulfide) groups is 2. The first-order valence-electron chi connectivity index (χ1n) is 5.17. The van der Waals surface area contributed by atoms with Gasteiger partial charge in [-0.25, -0.2) is 0 Å². The van der Waals surface area contributed by atoms with Gasteiger partial charge >= 0.3 is 0 Å². The van der Waals surface area contributed by atoms with E-state index in [1.807, 2.05) is 0 Å². The molecule has 0 N–H and O–H groups in total. The van der Waals surface area contributed by atoms with Crippen molar-refractivity contribution in [1.29, 1.82) is 0 Å². The molecule has 5 heteroatoms. The number of methoxy groups -OCH3 is 1. The molecule has 0 heterocycles. The zero-order chi connectivity index (χ0) is 11.9. The van der Waals surface area contributed by atoms with Gasteiger partial charge in [-0.2, -0.15) is 0 Å². The third kappa shape index (κ3) is 7.19. The summed E-state index contributed by atoms with van der Waals surface area (Å²) in [5.74, 6) is 2.81. The van der Waals surface area contributed by atoms with Gasteiger partial charge in [0, 0.05) is 0 Å². The van der Waals surface area contributed by atoms with E-state index in [0.717, 1.165) is 11.5 Å². The summed E-state index contributed by atoms with van der Waals surface area (Å²) in [6, 6.07) is 0. The molecule has 0 atom stereocenters. The van der Waals surface area contributed by atoms with Gasteiger partial charge in [-0.05, 0) is 31.1 Å². The standard InChI is InChI=1S/C10H22O2S2Si/c1-7-13-10(14-8-2)9(11-3)12-15(4,5)6/h7-8H2,1-6H3. The molecule has 0 spiro atoms. The highest BCUT2D eigenvalue weighted by Gasteiger charge is 2.21. The zero-order valence-corrected chi connectivity index (χ0v) is 13.2. The van der Waals surface area contributed by atoms with Crippen molar-refractivity contribution < 1.29 is 9.16 Å². The fraction of sp³-hybridized carbons (Fsp3) is 0.800. The summed E-state index contributed by atoms with van der Waals surface area (Å²) in [4.78, 5) is 0. The predicted octanol–water partition coefficient (Wildman–Crippen LogP) is 4.12. The second-order valence-electron chi connectivity index (χ2n) is 3.86. The quantitative estimate of drug-likeness (QED) is 0.509. The first-order chi connectivity index (χ1) is 6.94. The molecule has 0 fully saturated rings. The topological polar surface area (TPSA) is 18.5 Å². The minimum Gasteiger partial charge on any atom is -0.519 e. The largest absolute Gasteiger partial charge is 0.519 e. The number of hydrogen-bond donors (Lipinski definition) is 0. The van der Waals surface area contributed by atoms with Crippen molar-refractivity contribution in [2.24, 2.45) is 0 Å². The van der Waals surface area contributed by atoms with Crippen LogP contribution in [0.3, 0.4) is 0 Å². The molecule has 2 nitrogen and oxygen atoms in total. The lowest BCUT2D eigenvalue weighted by Crippen LogP contribution is -2.25. The van der Waals surface area contributed by atoms with E-state index in [1.165, 1.54) is 4.24 Å². The van der Waals surface area contributed by atoms with Gasteiger partial charge in [-0.3, -0.25) is 0 Å². The molecule has 0 bridgehead atoms. The van der Waals surface area contributed by atoms with E-state index in [0.29, 0.717) is 5.95 Å². The van der Waals surface area contributed by atoms with E-state index in [2.05, 4.69) is 33.5 Å². The molecule has 90 valence electrons. The highest BCUT2D eigenvalue weighted by atomic mass is 32.2. The van der Waals surface area contributed by atoms with E-state index in [4.69, 9.17) is 9.16 Å². The molecule has 0 aromatic heterocycles. The third-order valence-corrected chi connectivity index (χ3v) is 4.24. The Morgan fingerprint density at radius 2 is 1.53 bits per heavy atom. The van der Waals surface area contributed by atoms with E-state index >= 15 is 0 Å². The van der Waals surface area contributed by atoms with Crippen molar-refractivity contribution in [2.45, 2.75) is 33.5 Å². The van der Waals surface area contributed by atoms with Crippen molar-refractivity contribution in [3.63, 3.8) is 0 Å². The van der Waals surface area contributed by atoms with Crippen LogP contribution in [-0.2, 0) is 9.16 Å². The lowest BCUT2D eigenvalue weighted by atomic mass is 11.0. The molecule has 0 aromatic carbocycles. The summed E-state index contributed by atoms with van der Waals surface area (Å²) in [7, 11) is 0.111. The predicted molar refractivity (Wildman–Crippen MR) is 74.7 cm³/mol. The summed E-state index contributed by atoms with van der Waals surface area (Å²) in [6.45, 7) is 10.8. The van der Waals surface area contributed by atoms with Crippen molar-refractivity contribution in [2.75, 3.05) is 18.6 Å². The van der Waals surface area contributed by atoms with Crippen LogP contribution in [0.25, 0.3) is 0 Å². The molecule has 0 aliphatic heterocycles. The summed E-state index contributed by atoms with van der Waals surface area (Å²) in [6.07, 6.45) is 0. The van der Waals surface area contributed by atoms with Crippen LogP contribution in [0.4, 0.5) is 0 Å². The molecule has 0 saturated heterocycles. The fourth-order valence-corrected chi connectivity index (χ4v) is 3.81. The molecule has 0 rings (SSSR count). The smallest absolute Gasteiger partial charge is 0.286 e. The summed E-state index contributed by atoms with van der Waals surface area (Å²) < 4.78 is 12.4. The molecular formula is C10H22O2S2Si. The average Bonchev–Trinajstić information content (AvgIpc) is 2.12. The van der Waals surface area contributed by atoms with Gasteiger partial charge in [0.2, 0.25) is 8.32 Å². The van der Waals surface area contributed by atoms with Gasteiger partial charge < -0.3 is 9.16 Å². The minimum atomic E-state index is -1.57. The maximum Gasteiger partial charge on any atom is 0.286 e. The van der Waals surface area contributed by atoms with Gasteiger partial charge in [-0.1, -0.05) is 13.8 Å². The van der Waals surface area contributed by atoms with E-state index in [-0.39, 0.29) is 0 Å². The molecule has 0 radical (unpaired) electrons. The first kappa shape index (κ1) is 15.3. The van der Waals surface area contributed by atoms with Gasteiger partial charge in [0.05, 0.1) is 7.11 Å². The first-order valence-corrected chi connectivity index (χ1v) is 10.5. The Labute approximate surface area is 103 Å². The van der Waals surface area contributed by atoms with Crippen molar-refractivity contribution in [3.05, 3.63) is 10.2 Å². The van der Waals surface area contributed by atoms with E-state index in [9.17, 15) is 0 Å². The Kier molecular flexibility index (Phi) is 7.65. The highest BCUT2D eigenvalue weighted by Crippen LogP contribution is 2.33. The minimum absolute atomic E-state index is 0.716. The van der Waals surface area contributed by atoms with Crippen LogP contribution < -0.4 is 0 Å². The number of hydrogen-bond acceptors (Lipinski definition) is 4. The van der Waals surface area contributed by atoms with E-state index in [1.54, 1.807) is 30.6 Å². The summed E-state index contributed by atoms with van der Waals surface area (Å²) >= 11 is 3.58. The SMILES string of the molecule is CCSC(SCC)=C(OC)O[Si](C)(C)C. The number of rotatable bonds is 7. The monoisotopic (exact) mass is 266 g/mol. The molecule has 15 heavy (non-hydrogen) atoms. The van der Waals surface area contributed by atoms with Crippen molar-refractivity contribution in [1.82, 2.24) is 0 Å². The summed E-state index contributed by atoms with van der Waals surface area (Å²) in [5, 5.41) is 0. The second-order valence-corrected chi connectivity index (χ2v) is 11.1. The highest BCUT2D eigenvalue weighted by molar-refractivity contribution is 8.22. The van der Waals surface area contributed by atoms with Gasteiger partial charge in [0.25, 0.3) is 5.95 Å². The maximum atomic E-state index is 5.91.